The second-order valence-electron chi connectivity index (χ2n) is 3.74. The minimum Gasteiger partial charge on any atom is -0.348 e. The van der Waals surface area contributed by atoms with Crippen molar-refractivity contribution in [3.8, 4) is 11.3 Å². The second kappa shape index (κ2) is 4.47. The lowest BCUT2D eigenvalue weighted by atomic mass is 10.1. The molecule has 0 aliphatic carbocycles. The molecule has 0 amide bonds. The van der Waals surface area contributed by atoms with Crippen LogP contribution >= 0.6 is 11.7 Å². The number of benzene rings is 1. The standard InChI is InChI=1S/C12H10N4S/c1-3-10(12-7-15-17-16-12)4-2-9(1)5-11-6-13-8-14-11/h1-4,6-8H,5H2,(H,13,14). The Bertz CT molecular complexity index is 570. The number of aromatic amines is 1. The molecule has 3 aromatic rings. The second-order valence-corrected chi connectivity index (χ2v) is 4.30. The first-order chi connectivity index (χ1) is 8.42. The molecule has 1 N–H and O–H groups in total. The third-order valence-electron chi connectivity index (χ3n) is 2.56. The SMILES string of the molecule is c1ncc(Cc2ccc(-c3cnsn3)cc2)[nH]1. The molecule has 17 heavy (non-hydrogen) atoms. The number of H-pyrrole nitrogens is 1. The van der Waals surface area contributed by atoms with Crippen molar-refractivity contribution in [2.75, 3.05) is 0 Å². The lowest BCUT2D eigenvalue weighted by Gasteiger charge is -2.00. The molecule has 1 aromatic carbocycles. The normalized spacial score (nSPS) is 10.6. The summed E-state index contributed by atoms with van der Waals surface area (Å²) < 4.78 is 8.21. The third-order valence-corrected chi connectivity index (χ3v) is 3.04. The highest BCUT2D eigenvalue weighted by Gasteiger charge is 2.01. The number of nitrogens with one attached hydrogen (secondary N) is 1. The van der Waals surface area contributed by atoms with Crippen LogP contribution in [0.25, 0.3) is 11.3 Å². The van der Waals surface area contributed by atoms with Crippen molar-refractivity contribution < 1.29 is 0 Å². The molecule has 84 valence electrons. The molecule has 2 heterocycles. The number of rotatable bonds is 3. The average molecular weight is 242 g/mol. The lowest BCUT2D eigenvalue weighted by molar-refractivity contribution is 1.11. The summed E-state index contributed by atoms with van der Waals surface area (Å²) >= 11 is 1.23. The molecule has 5 heteroatoms. The maximum absolute atomic E-state index is 4.21. The molecule has 0 aliphatic heterocycles. The summed E-state index contributed by atoms with van der Waals surface area (Å²) in [6, 6.07) is 8.36. The zero-order chi connectivity index (χ0) is 11.5. The summed E-state index contributed by atoms with van der Waals surface area (Å²) in [6.45, 7) is 0. The summed E-state index contributed by atoms with van der Waals surface area (Å²) in [5, 5.41) is 0. The van der Waals surface area contributed by atoms with Gasteiger partial charge in [0.1, 0.15) is 5.69 Å². The minimum absolute atomic E-state index is 0.871. The van der Waals surface area contributed by atoms with Gasteiger partial charge in [-0.15, -0.1) is 0 Å². The molecular formula is C12H10N4S. The summed E-state index contributed by atoms with van der Waals surface area (Å²) in [4.78, 5) is 7.10. The van der Waals surface area contributed by atoms with Gasteiger partial charge in [-0.05, 0) is 5.56 Å². The highest BCUT2D eigenvalue weighted by molar-refractivity contribution is 6.99. The first kappa shape index (κ1) is 10.2. The van der Waals surface area contributed by atoms with Gasteiger partial charge in [0.05, 0.1) is 24.3 Å². The van der Waals surface area contributed by atoms with Gasteiger partial charge in [-0.3, -0.25) is 0 Å². The Morgan fingerprint density at radius 3 is 2.65 bits per heavy atom. The Morgan fingerprint density at radius 2 is 2.00 bits per heavy atom. The Balaban J connectivity index is 1.81. The van der Waals surface area contributed by atoms with Crippen molar-refractivity contribution >= 4 is 11.7 Å². The molecule has 0 fully saturated rings. The molecule has 0 saturated carbocycles. The minimum atomic E-state index is 0.871. The van der Waals surface area contributed by atoms with Crippen LogP contribution in [0.1, 0.15) is 11.3 Å². The molecule has 0 bridgehead atoms. The van der Waals surface area contributed by atoms with Crippen LogP contribution in [-0.2, 0) is 6.42 Å². The molecule has 2 aromatic heterocycles. The lowest BCUT2D eigenvalue weighted by Crippen LogP contribution is -1.88. The van der Waals surface area contributed by atoms with E-state index < -0.39 is 0 Å². The third kappa shape index (κ3) is 2.24. The van der Waals surface area contributed by atoms with Crippen molar-refractivity contribution in [3.63, 3.8) is 0 Å². The highest BCUT2D eigenvalue weighted by atomic mass is 32.1. The highest BCUT2D eigenvalue weighted by Crippen LogP contribution is 2.18. The first-order valence-electron chi connectivity index (χ1n) is 5.26. The van der Waals surface area contributed by atoms with E-state index in [0.29, 0.717) is 0 Å². The number of aromatic nitrogens is 4. The Hall–Kier alpha value is -2.01. The van der Waals surface area contributed by atoms with Gasteiger partial charge in [0.25, 0.3) is 0 Å². The summed E-state index contributed by atoms with van der Waals surface area (Å²) in [7, 11) is 0. The zero-order valence-electron chi connectivity index (χ0n) is 9.00. The molecule has 0 saturated heterocycles. The quantitative estimate of drug-likeness (QED) is 0.767. The first-order valence-corrected chi connectivity index (χ1v) is 5.99. The largest absolute Gasteiger partial charge is 0.348 e. The van der Waals surface area contributed by atoms with E-state index in [0.717, 1.165) is 23.4 Å². The van der Waals surface area contributed by atoms with E-state index in [9.17, 15) is 0 Å². The number of imidazole rings is 1. The number of hydrogen-bond acceptors (Lipinski definition) is 4. The fraction of sp³-hybridized carbons (Fsp3) is 0.0833. The molecule has 0 spiro atoms. The van der Waals surface area contributed by atoms with Gasteiger partial charge < -0.3 is 4.98 Å². The molecule has 0 radical (unpaired) electrons. The summed E-state index contributed by atoms with van der Waals surface area (Å²) in [5.74, 6) is 0. The van der Waals surface area contributed by atoms with E-state index in [4.69, 9.17) is 0 Å². The zero-order valence-corrected chi connectivity index (χ0v) is 9.81. The predicted octanol–water partition coefficient (Wildman–Crippen LogP) is 2.52. The van der Waals surface area contributed by atoms with Gasteiger partial charge in [0.15, 0.2) is 0 Å². The van der Waals surface area contributed by atoms with E-state index in [1.807, 2.05) is 6.20 Å². The van der Waals surface area contributed by atoms with Crippen LogP contribution < -0.4 is 0 Å². The molecule has 0 atom stereocenters. The van der Waals surface area contributed by atoms with Gasteiger partial charge in [0.2, 0.25) is 0 Å². The van der Waals surface area contributed by atoms with Crippen LogP contribution in [0, 0.1) is 0 Å². The van der Waals surface area contributed by atoms with Gasteiger partial charge in [-0.2, -0.15) is 8.75 Å². The maximum Gasteiger partial charge on any atom is 0.104 e. The van der Waals surface area contributed by atoms with Crippen LogP contribution in [0.2, 0.25) is 0 Å². The number of nitrogens with zero attached hydrogens (tertiary/aromatic N) is 3. The van der Waals surface area contributed by atoms with Crippen molar-refractivity contribution in [1.82, 2.24) is 18.7 Å². The Labute approximate surface area is 103 Å². The Kier molecular flexibility index (Phi) is 2.67. The van der Waals surface area contributed by atoms with E-state index >= 15 is 0 Å². The molecule has 4 nitrogen and oxygen atoms in total. The van der Waals surface area contributed by atoms with Gasteiger partial charge in [-0.25, -0.2) is 4.98 Å². The maximum atomic E-state index is 4.21. The van der Waals surface area contributed by atoms with Crippen molar-refractivity contribution in [2.45, 2.75) is 6.42 Å². The topological polar surface area (TPSA) is 54.5 Å². The van der Waals surface area contributed by atoms with Crippen LogP contribution in [0.15, 0.2) is 43.0 Å². The van der Waals surface area contributed by atoms with Gasteiger partial charge >= 0.3 is 0 Å². The monoisotopic (exact) mass is 242 g/mol. The van der Waals surface area contributed by atoms with Crippen LogP contribution in [0.3, 0.4) is 0 Å². The average Bonchev–Trinajstić information content (AvgIpc) is 3.01. The van der Waals surface area contributed by atoms with Crippen LogP contribution in [-0.4, -0.2) is 18.7 Å². The van der Waals surface area contributed by atoms with Gasteiger partial charge in [0, 0.05) is 23.9 Å². The predicted molar refractivity (Wildman–Crippen MR) is 66.7 cm³/mol. The summed E-state index contributed by atoms with van der Waals surface area (Å²) in [5.41, 5.74) is 4.41. The summed E-state index contributed by atoms with van der Waals surface area (Å²) in [6.07, 6.45) is 6.20. The fourth-order valence-corrected chi connectivity index (χ4v) is 2.12. The Morgan fingerprint density at radius 1 is 1.12 bits per heavy atom. The van der Waals surface area contributed by atoms with Gasteiger partial charge in [-0.1, -0.05) is 24.3 Å². The van der Waals surface area contributed by atoms with Crippen molar-refractivity contribution in [3.05, 3.63) is 54.2 Å². The molecule has 0 unspecified atom stereocenters. The van der Waals surface area contributed by atoms with Crippen LogP contribution in [0.4, 0.5) is 0 Å². The fourth-order valence-electron chi connectivity index (χ4n) is 1.69. The van der Waals surface area contributed by atoms with E-state index in [1.165, 1.54) is 17.3 Å². The van der Waals surface area contributed by atoms with Crippen molar-refractivity contribution in [1.29, 1.82) is 0 Å². The van der Waals surface area contributed by atoms with E-state index in [-0.39, 0.29) is 0 Å². The molecular weight excluding hydrogens is 232 g/mol. The molecule has 3 rings (SSSR count). The smallest absolute Gasteiger partial charge is 0.104 e. The van der Waals surface area contributed by atoms with E-state index in [2.05, 4.69) is 43.0 Å². The van der Waals surface area contributed by atoms with Crippen LogP contribution in [0.5, 0.6) is 0 Å². The van der Waals surface area contributed by atoms with Crippen molar-refractivity contribution in [2.24, 2.45) is 0 Å². The number of hydrogen-bond donors (Lipinski definition) is 1. The molecule has 0 aliphatic rings. The van der Waals surface area contributed by atoms with E-state index in [1.54, 1.807) is 12.5 Å².